The van der Waals surface area contributed by atoms with Crippen molar-refractivity contribution >= 4 is 23.2 Å². The summed E-state index contributed by atoms with van der Waals surface area (Å²) < 4.78 is 0. The maximum absolute atomic E-state index is 13.6. The van der Waals surface area contributed by atoms with E-state index >= 15 is 0 Å². The molecule has 0 spiro atoms. The van der Waals surface area contributed by atoms with E-state index in [9.17, 15) is 14.7 Å². The topological polar surface area (TPSA) is 93.7 Å². The summed E-state index contributed by atoms with van der Waals surface area (Å²) in [5.74, 6) is 0.565. The lowest BCUT2D eigenvalue weighted by atomic mass is 9.97. The van der Waals surface area contributed by atoms with Gasteiger partial charge in [-0.15, -0.1) is 0 Å². The van der Waals surface area contributed by atoms with E-state index in [4.69, 9.17) is 0 Å². The number of carbonyl (C=O) groups excluding carboxylic acids is 2. The van der Waals surface area contributed by atoms with Gasteiger partial charge in [-0.3, -0.25) is 9.59 Å². The van der Waals surface area contributed by atoms with Crippen LogP contribution in [0.4, 0.5) is 11.4 Å². The number of rotatable bonds is 17. The van der Waals surface area contributed by atoms with Crippen LogP contribution in [0, 0.1) is 5.92 Å². The number of hydrogen-bond donors (Lipinski definition) is 4. The van der Waals surface area contributed by atoms with Crippen molar-refractivity contribution in [1.82, 2.24) is 10.6 Å². The molecule has 1 aliphatic heterocycles. The fourth-order valence-electron chi connectivity index (χ4n) is 5.33. The molecule has 1 aliphatic rings. The Morgan fingerprint density at radius 1 is 1.05 bits per heavy atom. The smallest absolute Gasteiger partial charge is 0.251 e. The van der Waals surface area contributed by atoms with Crippen molar-refractivity contribution < 1.29 is 14.7 Å². The third kappa shape index (κ3) is 9.63. The number of amides is 2. The van der Waals surface area contributed by atoms with Crippen molar-refractivity contribution in [2.24, 2.45) is 5.92 Å². The van der Waals surface area contributed by atoms with Crippen LogP contribution in [0.15, 0.2) is 48.5 Å². The minimum Gasteiger partial charge on any atom is -0.390 e. The van der Waals surface area contributed by atoms with E-state index in [0.717, 1.165) is 42.1 Å². The van der Waals surface area contributed by atoms with E-state index in [2.05, 4.69) is 36.7 Å². The van der Waals surface area contributed by atoms with Crippen molar-refractivity contribution in [2.45, 2.75) is 97.2 Å². The van der Waals surface area contributed by atoms with Crippen LogP contribution in [0.1, 0.15) is 88.6 Å². The molecule has 0 bridgehead atoms. The van der Waals surface area contributed by atoms with Crippen molar-refractivity contribution in [1.29, 1.82) is 0 Å². The number of nitrogens with one attached hydrogen (secondary N) is 3. The lowest BCUT2D eigenvalue weighted by Gasteiger charge is -2.27. The number of benzene rings is 2. The summed E-state index contributed by atoms with van der Waals surface area (Å²) in [6, 6.07) is 15.3. The molecular formula is C33H50N4O3. The van der Waals surface area contributed by atoms with Gasteiger partial charge in [0.25, 0.3) is 5.91 Å². The molecule has 0 saturated carbocycles. The second-order valence-corrected chi connectivity index (χ2v) is 11.2. The minimum absolute atomic E-state index is 0.0816. The Balaban J connectivity index is 1.74. The van der Waals surface area contributed by atoms with E-state index in [1.165, 1.54) is 19.3 Å². The number of hydrogen-bond acceptors (Lipinski definition) is 5. The van der Waals surface area contributed by atoms with Gasteiger partial charge in [0.15, 0.2) is 0 Å². The predicted molar refractivity (Wildman–Crippen MR) is 165 cm³/mol. The van der Waals surface area contributed by atoms with Gasteiger partial charge >= 0.3 is 0 Å². The lowest BCUT2D eigenvalue weighted by Crippen LogP contribution is -2.50. The summed E-state index contributed by atoms with van der Waals surface area (Å²) in [5.41, 5.74) is 3.06. The Hall–Kier alpha value is -2.90. The zero-order chi connectivity index (χ0) is 28.9. The summed E-state index contributed by atoms with van der Waals surface area (Å²) in [5, 5.41) is 21.3. The van der Waals surface area contributed by atoms with Gasteiger partial charge in [0.2, 0.25) is 5.91 Å². The van der Waals surface area contributed by atoms with Crippen LogP contribution >= 0.6 is 0 Å². The average molecular weight is 551 g/mol. The monoisotopic (exact) mass is 550 g/mol. The molecule has 1 fully saturated rings. The summed E-state index contributed by atoms with van der Waals surface area (Å²) in [4.78, 5) is 27.8. The SMILES string of the molecule is CCNc1cc(C(=O)N[C@@H](Cc2ccccc2)[C@H](O)CNC(CC)CCCC(C)CC)cc(N2CCCC2=O)c1. The van der Waals surface area contributed by atoms with Crippen LogP contribution in [0.2, 0.25) is 0 Å². The molecule has 7 heteroatoms. The second-order valence-electron chi connectivity index (χ2n) is 11.2. The van der Waals surface area contributed by atoms with Crippen molar-refractivity contribution in [3.63, 3.8) is 0 Å². The van der Waals surface area contributed by atoms with E-state index in [-0.39, 0.29) is 11.8 Å². The fourth-order valence-corrected chi connectivity index (χ4v) is 5.33. The molecule has 1 saturated heterocycles. The maximum atomic E-state index is 13.6. The average Bonchev–Trinajstić information content (AvgIpc) is 3.40. The molecule has 1 heterocycles. The molecule has 4 N–H and O–H groups in total. The summed E-state index contributed by atoms with van der Waals surface area (Å²) in [6.45, 7) is 10.5. The molecule has 2 amide bonds. The van der Waals surface area contributed by atoms with Crippen LogP contribution < -0.4 is 20.9 Å². The molecular weight excluding hydrogens is 500 g/mol. The Bertz CT molecular complexity index is 1060. The van der Waals surface area contributed by atoms with Crippen LogP contribution in [-0.2, 0) is 11.2 Å². The highest BCUT2D eigenvalue weighted by molar-refractivity contribution is 6.00. The fraction of sp³-hybridized carbons (Fsp3) is 0.576. The first-order valence-corrected chi connectivity index (χ1v) is 15.3. The molecule has 40 heavy (non-hydrogen) atoms. The van der Waals surface area contributed by atoms with E-state index in [0.29, 0.717) is 44.1 Å². The van der Waals surface area contributed by atoms with Crippen LogP contribution in [0.5, 0.6) is 0 Å². The molecule has 7 nitrogen and oxygen atoms in total. The number of anilines is 2. The molecule has 220 valence electrons. The standard InChI is InChI=1S/C33H50N4O3/c1-5-24(4)13-11-16-27(6-2)35-23-31(38)30(19-25-14-9-8-10-15-25)36-33(40)26-20-28(34-7-3)22-29(21-26)37-18-12-17-32(37)39/h8-10,14-15,20-22,24,27,30-31,34-35,38H,5-7,11-13,16-19,23H2,1-4H3,(H,36,40)/t24?,27?,30-,31+/m0/s1. The van der Waals surface area contributed by atoms with Crippen molar-refractivity contribution in [3.8, 4) is 0 Å². The Labute approximate surface area is 241 Å². The first-order valence-electron chi connectivity index (χ1n) is 15.3. The molecule has 2 aromatic rings. The first-order chi connectivity index (χ1) is 19.3. The second kappa shape index (κ2) is 16.4. The largest absolute Gasteiger partial charge is 0.390 e. The number of aliphatic hydroxyl groups excluding tert-OH is 1. The van der Waals surface area contributed by atoms with Crippen molar-refractivity contribution in [2.75, 3.05) is 29.9 Å². The predicted octanol–water partition coefficient (Wildman–Crippen LogP) is 5.53. The van der Waals surface area contributed by atoms with Gasteiger partial charge in [-0.2, -0.15) is 0 Å². The minimum atomic E-state index is -0.760. The third-order valence-corrected chi connectivity index (χ3v) is 8.08. The van der Waals surface area contributed by atoms with Gasteiger partial charge in [0.05, 0.1) is 12.1 Å². The highest BCUT2D eigenvalue weighted by atomic mass is 16.3. The summed E-state index contributed by atoms with van der Waals surface area (Å²) in [7, 11) is 0. The zero-order valence-corrected chi connectivity index (χ0v) is 24.9. The van der Waals surface area contributed by atoms with E-state index < -0.39 is 12.1 Å². The van der Waals surface area contributed by atoms with Gasteiger partial charge in [0.1, 0.15) is 0 Å². The molecule has 4 atom stereocenters. The quantitative estimate of drug-likeness (QED) is 0.208. The highest BCUT2D eigenvalue weighted by Crippen LogP contribution is 2.27. The van der Waals surface area contributed by atoms with E-state index in [1.807, 2.05) is 49.4 Å². The van der Waals surface area contributed by atoms with Crippen LogP contribution in [0.3, 0.4) is 0 Å². The Morgan fingerprint density at radius 3 is 2.48 bits per heavy atom. The number of aliphatic hydroxyl groups is 1. The molecule has 0 aliphatic carbocycles. The highest BCUT2D eigenvalue weighted by Gasteiger charge is 2.26. The normalized spacial score (nSPS) is 16.4. The number of nitrogens with zero attached hydrogens (tertiary/aromatic N) is 1. The summed E-state index contributed by atoms with van der Waals surface area (Å²) >= 11 is 0. The molecule has 2 unspecified atom stereocenters. The van der Waals surface area contributed by atoms with E-state index in [1.54, 1.807) is 11.0 Å². The first kappa shape index (κ1) is 31.6. The van der Waals surface area contributed by atoms with Gasteiger partial charge in [-0.25, -0.2) is 0 Å². The zero-order valence-electron chi connectivity index (χ0n) is 24.9. The lowest BCUT2D eigenvalue weighted by molar-refractivity contribution is -0.117. The molecule has 0 radical (unpaired) electrons. The Morgan fingerprint density at radius 2 is 1.82 bits per heavy atom. The van der Waals surface area contributed by atoms with Gasteiger partial charge < -0.3 is 26.0 Å². The van der Waals surface area contributed by atoms with Gasteiger partial charge in [-0.05, 0) is 62.3 Å². The van der Waals surface area contributed by atoms with Crippen LogP contribution in [0.25, 0.3) is 0 Å². The maximum Gasteiger partial charge on any atom is 0.251 e. The Kier molecular flexibility index (Phi) is 13.0. The van der Waals surface area contributed by atoms with Crippen LogP contribution in [-0.4, -0.2) is 54.7 Å². The molecule has 3 rings (SSSR count). The third-order valence-electron chi connectivity index (χ3n) is 8.08. The number of carbonyl (C=O) groups is 2. The van der Waals surface area contributed by atoms with Gasteiger partial charge in [0, 0.05) is 49.0 Å². The summed E-state index contributed by atoms with van der Waals surface area (Å²) in [6.07, 6.45) is 6.79. The van der Waals surface area contributed by atoms with Crippen molar-refractivity contribution in [3.05, 3.63) is 59.7 Å². The molecule has 2 aromatic carbocycles. The molecule has 0 aromatic heterocycles. The van der Waals surface area contributed by atoms with Gasteiger partial charge in [-0.1, -0.05) is 70.4 Å².